The predicted octanol–water partition coefficient (Wildman–Crippen LogP) is 0.908. The number of nitrogens with zero attached hydrogens (tertiary/aromatic N) is 2. The Balaban J connectivity index is 2.37. The van der Waals surface area contributed by atoms with Gasteiger partial charge in [0, 0.05) is 32.5 Å². The third kappa shape index (κ3) is 3.93. The lowest BCUT2D eigenvalue weighted by atomic mass is 10.2. The molecule has 4 heteroatoms. The topological polar surface area (TPSA) is 40.6 Å². The Hall–Kier alpha value is -0.900. The molecule has 0 bridgehead atoms. The number of unbranched alkanes of at least 4 members (excludes halogenated alkanes) is 1. The number of hydrogen-bond acceptors (Lipinski definition) is 3. The van der Waals surface area contributed by atoms with Crippen molar-refractivity contribution in [3.8, 4) is 0 Å². The molecule has 0 aromatic rings. The van der Waals surface area contributed by atoms with Gasteiger partial charge in [0.1, 0.15) is 6.29 Å². The highest BCUT2D eigenvalue weighted by Gasteiger charge is 2.23. The normalized spacial score (nSPS) is 21.0. The monoisotopic (exact) mass is 226 g/mol. The quantitative estimate of drug-likeness (QED) is 0.499. The van der Waals surface area contributed by atoms with Gasteiger partial charge in [0.2, 0.25) is 5.91 Å². The zero-order valence-electron chi connectivity index (χ0n) is 10.3. The van der Waals surface area contributed by atoms with Gasteiger partial charge in [-0.1, -0.05) is 0 Å². The standard InChI is InChI=1S/C12H22N2O2/c1-11(16)14(8-3-4-9-15)10-12-6-5-7-13(12)2/h9,12H,3-8,10H2,1-2H3/t12-/m1/s1. The Bertz CT molecular complexity index is 243. The highest BCUT2D eigenvalue weighted by Crippen LogP contribution is 2.16. The Morgan fingerprint density at radius 2 is 2.31 bits per heavy atom. The van der Waals surface area contributed by atoms with Gasteiger partial charge in [-0.15, -0.1) is 0 Å². The second-order valence-electron chi connectivity index (χ2n) is 4.55. The highest BCUT2D eigenvalue weighted by molar-refractivity contribution is 5.73. The van der Waals surface area contributed by atoms with Crippen molar-refractivity contribution in [2.24, 2.45) is 0 Å². The minimum Gasteiger partial charge on any atom is -0.341 e. The van der Waals surface area contributed by atoms with E-state index in [0.29, 0.717) is 19.0 Å². The van der Waals surface area contributed by atoms with Gasteiger partial charge >= 0.3 is 0 Å². The molecule has 0 saturated carbocycles. The van der Waals surface area contributed by atoms with Crippen LogP contribution in [0, 0.1) is 0 Å². The van der Waals surface area contributed by atoms with Crippen LogP contribution in [-0.4, -0.2) is 54.7 Å². The first-order chi connectivity index (χ1) is 7.65. The van der Waals surface area contributed by atoms with E-state index in [2.05, 4.69) is 11.9 Å². The number of amides is 1. The molecule has 1 atom stereocenters. The molecule has 16 heavy (non-hydrogen) atoms. The van der Waals surface area contributed by atoms with Gasteiger partial charge < -0.3 is 14.6 Å². The van der Waals surface area contributed by atoms with Gasteiger partial charge in [0.25, 0.3) is 0 Å². The van der Waals surface area contributed by atoms with Crippen LogP contribution in [0.15, 0.2) is 0 Å². The fourth-order valence-electron chi connectivity index (χ4n) is 2.21. The third-order valence-corrected chi connectivity index (χ3v) is 3.30. The molecule has 0 unspecified atom stereocenters. The van der Waals surface area contributed by atoms with E-state index >= 15 is 0 Å². The van der Waals surface area contributed by atoms with Crippen LogP contribution < -0.4 is 0 Å². The summed E-state index contributed by atoms with van der Waals surface area (Å²) in [7, 11) is 2.11. The average molecular weight is 226 g/mol. The van der Waals surface area contributed by atoms with E-state index in [1.54, 1.807) is 6.92 Å². The molecule has 0 aromatic heterocycles. The molecule has 1 aliphatic rings. The van der Waals surface area contributed by atoms with Crippen molar-refractivity contribution < 1.29 is 9.59 Å². The number of likely N-dealkylation sites (N-methyl/N-ethyl adjacent to an activating group) is 1. The van der Waals surface area contributed by atoms with Crippen molar-refractivity contribution in [2.75, 3.05) is 26.7 Å². The van der Waals surface area contributed by atoms with E-state index in [0.717, 1.165) is 25.8 Å². The number of carbonyl (C=O) groups excluding carboxylic acids is 2. The number of likely N-dealkylation sites (tertiary alicyclic amines) is 1. The summed E-state index contributed by atoms with van der Waals surface area (Å²) < 4.78 is 0. The first kappa shape index (κ1) is 13.2. The molecule has 1 fully saturated rings. The molecular weight excluding hydrogens is 204 g/mol. The molecule has 1 heterocycles. The molecule has 0 aliphatic carbocycles. The fraction of sp³-hybridized carbons (Fsp3) is 0.833. The summed E-state index contributed by atoms with van der Waals surface area (Å²) in [5.74, 6) is 0.117. The molecule has 1 rings (SSSR count). The van der Waals surface area contributed by atoms with Crippen molar-refractivity contribution in [2.45, 2.75) is 38.6 Å². The van der Waals surface area contributed by atoms with E-state index in [1.807, 2.05) is 4.90 Å². The maximum atomic E-state index is 11.5. The summed E-state index contributed by atoms with van der Waals surface area (Å²) in [5.41, 5.74) is 0. The minimum absolute atomic E-state index is 0.117. The lowest BCUT2D eigenvalue weighted by molar-refractivity contribution is -0.129. The molecule has 1 aliphatic heterocycles. The first-order valence-corrected chi connectivity index (χ1v) is 6.04. The summed E-state index contributed by atoms with van der Waals surface area (Å²) in [6.07, 6.45) is 4.64. The molecular formula is C12H22N2O2. The van der Waals surface area contributed by atoms with Gasteiger partial charge in [-0.05, 0) is 32.9 Å². The molecule has 0 radical (unpaired) electrons. The van der Waals surface area contributed by atoms with E-state index in [-0.39, 0.29) is 5.91 Å². The van der Waals surface area contributed by atoms with Crippen molar-refractivity contribution in [3.63, 3.8) is 0 Å². The maximum Gasteiger partial charge on any atom is 0.219 e. The van der Waals surface area contributed by atoms with Crippen molar-refractivity contribution in [3.05, 3.63) is 0 Å². The molecule has 4 nitrogen and oxygen atoms in total. The van der Waals surface area contributed by atoms with E-state index in [9.17, 15) is 9.59 Å². The minimum atomic E-state index is 0.117. The molecule has 0 spiro atoms. The SMILES string of the molecule is CC(=O)N(CCCC=O)C[C@H]1CCCN1C. The smallest absolute Gasteiger partial charge is 0.219 e. The number of carbonyl (C=O) groups is 2. The summed E-state index contributed by atoms with van der Waals surface area (Å²) in [5, 5.41) is 0. The van der Waals surface area contributed by atoms with E-state index in [4.69, 9.17) is 0 Å². The lowest BCUT2D eigenvalue weighted by Gasteiger charge is -2.28. The summed E-state index contributed by atoms with van der Waals surface area (Å²) >= 11 is 0. The van der Waals surface area contributed by atoms with Gasteiger partial charge in [-0.3, -0.25) is 4.79 Å². The summed E-state index contributed by atoms with van der Waals surface area (Å²) in [6.45, 7) is 4.25. The predicted molar refractivity (Wildman–Crippen MR) is 63.2 cm³/mol. The molecule has 1 saturated heterocycles. The zero-order valence-corrected chi connectivity index (χ0v) is 10.3. The Morgan fingerprint density at radius 3 is 2.81 bits per heavy atom. The highest BCUT2D eigenvalue weighted by atomic mass is 16.2. The van der Waals surface area contributed by atoms with Crippen LogP contribution in [0.3, 0.4) is 0 Å². The van der Waals surface area contributed by atoms with Crippen LogP contribution in [0.25, 0.3) is 0 Å². The zero-order chi connectivity index (χ0) is 12.0. The summed E-state index contributed by atoms with van der Waals surface area (Å²) in [4.78, 5) is 25.9. The van der Waals surface area contributed by atoms with Crippen LogP contribution >= 0.6 is 0 Å². The molecule has 1 amide bonds. The summed E-state index contributed by atoms with van der Waals surface area (Å²) in [6, 6.07) is 0.500. The second kappa shape index (κ2) is 6.63. The molecule has 92 valence electrons. The Morgan fingerprint density at radius 1 is 1.56 bits per heavy atom. The van der Waals surface area contributed by atoms with E-state index < -0.39 is 0 Å². The number of aldehydes is 1. The Labute approximate surface area is 97.6 Å². The van der Waals surface area contributed by atoms with Crippen LogP contribution in [0.2, 0.25) is 0 Å². The number of rotatable bonds is 6. The van der Waals surface area contributed by atoms with Crippen molar-refractivity contribution >= 4 is 12.2 Å². The van der Waals surface area contributed by atoms with Gasteiger partial charge in [-0.25, -0.2) is 0 Å². The van der Waals surface area contributed by atoms with E-state index in [1.165, 1.54) is 12.8 Å². The van der Waals surface area contributed by atoms with Crippen LogP contribution in [0.5, 0.6) is 0 Å². The second-order valence-corrected chi connectivity index (χ2v) is 4.55. The first-order valence-electron chi connectivity index (χ1n) is 6.04. The van der Waals surface area contributed by atoms with Crippen molar-refractivity contribution in [1.82, 2.24) is 9.80 Å². The molecule has 0 N–H and O–H groups in total. The third-order valence-electron chi connectivity index (χ3n) is 3.30. The largest absolute Gasteiger partial charge is 0.341 e. The van der Waals surface area contributed by atoms with Crippen LogP contribution in [-0.2, 0) is 9.59 Å². The maximum absolute atomic E-state index is 11.5. The van der Waals surface area contributed by atoms with Crippen LogP contribution in [0.1, 0.15) is 32.6 Å². The fourth-order valence-corrected chi connectivity index (χ4v) is 2.21. The Kier molecular flexibility index (Phi) is 5.46. The van der Waals surface area contributed by atoms with Gasteiger partial charge in [0.15, 0.2) is 0 Å². The average Bonchev–Trinajstić information content (AvgIpc) is 2.63. The molecule has 0 aromatic carbocycles. The number of hydrogen-bond donors (Lipinski definition) is 0. The van der Waals surface area contributed by atoms with Gasteiger partial charge in [-0.2, -0.15) is 0 Å². The van der Waals surface area contributed by atoms with Crippen molar-refractivity contribution in [1.29, 1.82) is 0 Å². The van der Waals surface area contributed by atoms with Crippen LogP contribution in [0.4, 0.5) is 0 Å². The van der Waals surface area contributed by atoms with Gasteiger partial charge in [0.05, 0.1) is 0 Å². The lowest BCUT2D eigenvalue weighted by Crippen LogP contribution is -2.41.